The molecule has 0 atom stereocenters. The van der Waals surface area contributed by atoms with E-state index in [-0.39, 0.29) is 6.42 Å². The standard InChI is InChI=1S/C20H27N5O2/c21-18(26)14-19-22-20(5-2-8-24-9-11-27-12-10-24)25(23-19)17-7-6-15-3-1-4-16(15)13-17/h6-7,13H,1-5,8-12,14H2,(H2,21,26). The predicted molar refractivity (Wildman–Crippen MR) is 102 cm³/mol. The summed E-state index contributed by atoms with van der Waals surface area (Å²) in [5, 5.41) is 4.58. The number of carbonyl (C=O) groups excluding carboxylic acids is 1. The number of primary amides is 1. The number of aromatic nitrogens is 3. The summed E-state index contributed by atoms with van der Waals surface area (Å²) in [5.74, 6) is 1.00. The lowest BCUT2D eigenvalue weighted by atomic mass is 10.1. The summed E-state index contributed by atoms with van der Waals surface area (Å²) in [6.45, 7) is 4.63. The van der Waals surface area contributed by atoms with Crippen molar-refractivity contribution in [1.82, 2.24) is 19.7 Å². The summed E-state index contributed by atoms with van der Waals surface area (Å²) in [4.78, 5) is 18.3. The molecule has 2 N–H and O–H groups in total. The van der Waals surface area contributed by atoms with E-state index in [0.717, 1.165) is 70.0 Å². The van der Waals surface area contributed by atoms with Gasteiger partial charge < -0.3 is 10.5 Å². The van der Waals surface area contributed by atoms with Gasteiger partial charge in [0.15, 0.2) is 5.82 Å². The molecule has 1 aliphatic heterocycles. The summed E-state index contributed by atoms with van der Waals surface area (Å²) in [6.07, 6.45) is 5.40. The van der Waals surface area contributed by atoms with Crippen molar-refractivity contribution in [1.29, 1.82) is 0 Å². The van der Waals surface area contributed by atoms with Gasteiger partial charge in [-0.2, -0.15) is 5.10 Å². The van der Waals surface area contributed by atoms with Crippen LogP contribution in [0.1, 0.15) is 35.6 Å². The Kier molecular flexibility index (Phi) is 5.50. The zero-order valence-corrected chi connectivity index (χ0v) is 15.7. The summed E-state index contributed by atoms with van der Waals surface area (Å²) in [5.41, 5.74) is 9.21. The summed E-state index contributed by atoms with van der Waals surface area (Å²) in [7, 11) is 0. The monoisotopic (exact) mass is 369 g/mol. The maximum absolute atomic E-state index is 11.3. The Morgan fingerprint density at radius 1 is 1.19 bits per heavy atom. The van der Waals surface area contributed by atoms with E-state index in [1.165, 1.54) is 17.5 Å². The number of aryl methyl sites for hydroxylation is 3. The number of hydrogen-bond acceptors (Lipinski definition) is 5. The smallest absolute Gasteiger partial charge is 0.225 e. The van der Waals surface area contributed by atoms with Crippen molar-refractivity contribution in [3.8, 4) is 5.69 Å². The van der Waals surface area contributed by atoms with Crippen molar-refractivity contribution in [3.63, 3.8) is 0 Å². The minimum absolute atomic E-state index is 0.0778. The van der Waals surface area contributed by atoms with Gasteiger partial charge in [-0.25, -0.2) is 9.67 Å². The van der Waals surface area contributed by atoms with Crippen LogP contribution in [-0.2, 0) is 35.2 Å². The lowest BCUT2D eigenvalue weighted by Crippen LogP contribution is -2.37. The van der Waals surface area contributed by atoms with Gasteiger partial charge in [-0.15, -0.1) is 0 Å². The van der Waals surface area contributed by atoms with Gasteiger partial charge in [0.1, 0.15) is 5.82 Å². The van der Waals surface area contributed by atoms with E-state index in [9.17, 15) is 4.79 Å². The molecule has 144 valence electrons. The van der Waals surface area contributed by atoms with E-state index >= 15 is 0 Å². The molecule has 0 unspecified atom stereocenters. The van der Waals surface area contributed by atoms with Crippen LogP contribution in [-0.4, -0.2) is 58.4 Å². The van der Waals surface area contributed by atoms with Crippen LogP contribution in [0.2, 0.25) is 0 Å². The molecule has 7 heteroatoms. The first-order valence-electron chi connectivity index (χ1n) is 9.84. The fourth-order valence-electron chi connectivity index (χ4n) is 3.97. The highest BCUT2D eigenvalue weighted by molar-refractivity contribution is 5.75. The van der Waals surface area contributed by atoms with Crippen LogP contribution in [0.4, 0.5) is 0 Å². The Morgan fingerprint density at radius 2 is 2.00 bits per heavy atom. The number of carbonyl (C=O) groups is 1. The summed E-state index contributed by atoms with van der Waals surface area (Å²) in [6, 6.07) is 6.53. The maximum atomic E-state index is 11.3. The largest absolute Gasteiger partial charge is 0.379 e. The van der Waals surface area contributed by atoms with Crippen molar-refractivity contribution in [2.75, 3.05) is 32.8 Å². The molecule has 0 saturated carbocycles. The lowest BCUT2D eigenvalue weighted by molar-refractivity contribution is -0.117. The quantitative estimate of drug-likeness (QED) is 0.788. The third kappa shape index (κ3) is 4.36. The second-order valence-electron chi connectivity index (χ2n) is 7.36. The fraction of sp³-hybridized carbons (Fsp3) is 0.550. The minimum atomic E-state index is -0.402. The Balaban J connectivity index is 1.51. The number of nitrogens with zero attached hydrogens (tertiary/aromatic N) is 4. The van der Waals surface area contributed by atoms with E-state index in [1.807, 2.05) is 4.68 Å². The molecule has 1 aromatic carbocycles. The third-order valence-corrected chi connectivity index (χ3v) is 5.36. The van der Waals surface area contributed by atoms with Crippen LogP contribution in [0.3, 0.4) is 0 Å². The lowest BCUT2D eigenvalue weighted by Gasteiger charge is -2.26. The molecule has 0 radical (unpaired) electrons. The molecular formula is C20H27N5O2. The van der Waals surface area contributed by atoms with Crippen molar-refractivity contribution in [2.45, 2.75) is 38.5 Å². The summed E-state index contributed by atoms with van der Waals surface area (Å²) >= 11 is 0. The normalized spacial score (nSPS) is 17.2. The van der Waals surface area contributed by atoms with Crippen LogP contribution < -0.4 is 5.73 Å². The van der Waals surface area contributed by atoms with Crippen molar-refractivity contribution in [3.05, 3.63) is 41.0 Å². The highest BCUT2D eigenvalue weighted by atomic mass is 16.5. The van der Waals surface area contributed by atoms with Crippen molar-refractivity contribution >= 4 is 5.91 Å². The molecule has 1 amide bonds. The number of benzene rings is 1. The van der Waals surface area contributed by atoms with E-state index in [1.54, 1.807) is 0 Å². The molecule has 2 aromatic rings. The van der Waals surface area contributed by atoms with Gasteiger partial charge in [-0.1, -0.05) is 6.07 Å². The Morgan fingerprint density at radius 3 is 2.81 bits per heavy atom. The fourth-order valence-corrected chi connectivity index (χ4v) is 3.97. The first-order valence-corrected chi connectivity index (χ1v) is 9.84. The number of rotatable bonds is 7. The average molecular weight is 369 g/mol. The van der Waals surface area contributed by atoms with Gasteiger partial charge in [-0.05, 0) is 55.5 Å². The van der Waals surface area contributed by atoms with Crippen LogP contribution in [0, 0.1) is 0 Å². The van der Waals surface area contributed by atoms with Crippen LogP contribution in [0.25, 0.3) is 5.69 Å². The molecule has 4 rings (SSSR count). The topological polar surface area (TPSA) is 86.3 Å². The molecule has 0 spiro atoms. The molecule has 7 nitrogen and oxygen atoms in total. The highest BCUT2D eigenvalue weighted by Crippen LogP contribution is 2.25. The van der Waals surface area contributed by atoms with Crippen LogP contribution in [0.5, 0.6) is 0 Å². The van der Waals surface area contributed by atoms with Gasteiger partial charge in [0.05, 0.1) is 25.3 Å². The molecule has 1 saturated heterocycles. The maximum Gasteiger partial charge on any atom is 0.225 e. The van der Waals surface area contributed by atoms with Gasteiger partial charge >= 0.3 is 0 Å². The van der Waals surface area contributed by atoms with E-state index in [4.69, 9.17) is 10.5 Å². The molecule has 2 aliphatic rings. The van der Waals surface area contributed by atoms with Gasteiger partial charge in [-0.3, -0.25) is 9.69 Å². The number of ether oxygens (including phenoxy) is 1. The molecule has 1 aromatic heterocycles. The van der Waals surface area contributed by atoms with Crippen molar-refractivity contribution in [2.24, 2.45) is 5.73 Å². The first-order chi connectivity index (χ1) is 13.2. The molecule has 27 heavy (non-hydrogen) atoms. The minimum Gasteiger partial charge on any atom is -0.379 e. The molecule has 1 aliphatic carbocycles. The van der Waals surface area contributed by atoms with Gasteiger partial charge in [0, 0.05) is 19.5 Å². The summed E-state index contributed by atoms with van der Waals surface area (Å²) < 4.78 is 7.31. The number of hydrogen-bond donors (Lipinski definition) is 1. The van der Waals surface area contributed by atoms with E-state index in [2.05, 4.69) is 33.2 Å². The van der Waals surface area contributed by atoms with Crippen LogP contribution in [0.15, 0.2) is 18.2 Å². The number of amides is 1. The average Bonchev–Trinajstić information content (AvgIpc) is 3.28. The Bertz CT molecular complexity index is 811. The second-order valence-corrected chi connectivity index (χ2v) is 7.36. The van der Waals surface area contributed by atoms with Gasteiger partial charge in [0.2, 0.25) is 5.91 Å². The molecular weight excluding hydrogens is 342 g/mol. The first kappa shape index (κ1) is 18.1. The van der Waals surface area contributed by atoms with Gasteiger partial charge in [0.25, 0.3) is 0 Å². The number of fused-ring (bicyclic) bond motifs is 1. The Hall–Kier alpha value is -2.25. The zero-order valence-electron chi connectivity index (χ0n) is 15.7. The number of morpholine rings is 1. The molecule has 1 fully saturated rings. The van der Waals surface area contributed by atoms with Crippen LogP contribution >= 0.6 is 0 Å². The van der Waals surface area contributed by atoms with E-state index < -0.39 is 5.91 Å². The highest BCUT2D eigenvalue weighted by Gasteiger charge is 2.17. The molecule has 2 heterocycles. The third-order valence-electron chi connectivity index (χ3n) is 5.36. The SMILES string of the molecule is NC(=O)Cc1nc(CCCN2CCOCC2)n(-c2ccc3c(c2)CCC3)n1. The second kappa shape index (κ2) is 8.19. The predicted octanol–water partition coefficient (Wildman–Crippen LogP) is 1.05. The molecule has 0 bridgehead atoms. The van der Waals surface area contributed by atoms with Crippen molar-refractivity contribution < 1.29 is 9.53 Å². The van der Waals surface area contributed by atoms with E-state index in [0.29, 0.717) is 5.82 Å². The number of nitrogens with two attached hydrogens (primary N) is 1. The zero-order chi connectivity index (χ0) is 18.6. The Labute approximate surface area is 159 Å².